The van der Waals surface area contributed by atoms with Crippen molar-refractivity contribution in [3.05, 3.63) is 0 Å². The summed E-state index contributed by atoms with van der Waals surface area (Å²) in [4.78, 5) is 0. The van der Waals surface area contributed by atoms with E-state index in [2.05, 4.69) is 26.1 Å². The van der Waals surface area contributed by atoms with E-state index in [4.69, 9.17) is 4.74 Å². The van der Waals surface area contributed by atoms with E-state index in [9.17, 15) is 0 Å². The maximum atomic E-state index is 6.18. The van der Waals surface area contributed by atoms with E-state index in [1.54, 1.807) is 0 Å². The first-order valence-corrected chi connectivity index (χ1v) is 7.54. The molecule has 3 unspecified atom stereocenters. The van der Waals surface area contributed by atoms with Gasteiger partial charge in [-0.05, 0) is 56.4 Å². The maximum Gasteiger partial charge on any atom is 0.0626 e. The molecule has 0 bridgehead atoms. The fourth-order valence-corrected chi connectivity index (χ4v) is 3.37. The fraction of sp³-hybridized carbons (Fsp3) is 1.00. The molecule has 3 atom stereocenters. The van der Waals surface area contributed by atoms with Gasteiger partial charge in [0.2, 0.25) is 0 Å². The van der Waals surface area contributed by atoms with Gasteiger partial charge in [-0.2, -0.15) is 0 Å². The van der Waals surface area contributed by atoms with Gasteiger partial charge in [0, 0.05) is 6.04 Å². The van der Waals surface area contributed by atoms with Crippen molar-refractivity contribution in [2.24, 2.45) is 17.8 Å². The second-order valence-corrected chi connectivity index (χ2v) is 6.37. The molecule has 0 aromatic rings. The average molecular weight is 239 g/mol. The molecule has 100 valence electrons. The molecular weight excluding hydrogens is 210 g/mol. The van der Waals surface area contributed by atoms with Crippen molar-refractivity contribution in [3.63, 3.8) is 0 Å². The Morgan fingerprint density at radius 1 is 1.12 bits per heavy atom. The lowest BCUT2D eigenvalue weighted by atomic mass is 9.82. The highest BCUT2D eigenvalue weighted by Crippen LogP contribution is 2.34. The van der Waals surface area contributed by atoms with Crippen LogP contribution in [0.5, 0.6) is 0 Å². The number of rotatable bonds is 6. The highest BCUT2D eigenvalue weighted by molar-refractivity contribution is 4.86. The molecule has 0 amide bonds. The molecule has 2 aliphatic rings. The topological polar surface area (TPSA) is 21.3 Å². The lowest BCUT2D eigenvalue weighted by molar-refractivity contribution is -0.0111. The van der Waals surface area contributed by atoms with Gasteiger partial charge in [0.1, 0.15) is 0 Å². The molecule has 0 aromatic carbocycles. The van der Waals surface area contributed by atoms with E-state index >= 15 is 0 Å². The molecule has 2 rings (SSSR count). The zero-order valence-electron chi connectivity index (χ0n) is 11.7. The van der Waals surface area contributed by atoms with Crippen LogP contribution in [0.15, 0.2) is 0 Å². The predicted octanol–water partition coefficient (Wildman–Crippen LogP) is 3.22. The quantitative estimate of drug-likeness (QED) is 0.768. The minimum atomic E-state index is 0.522. The Labute approximate surface area is 107 Å². The lowest BCUT2D eigenvalue weighted by Crippen LogP contribution is -2.38. The monoisotopic (exact) mass is 239 g/mol. The SMILES string of the molecule is CCNC(COC1CC(C)CC(C)C1)C1CC1. The molecule has 2 saturated carbocycles. The number of ether oxygens (including phenoxy) is 1. The number of hydrogen-bond acceptors (Lipinski definition) is 2. The van der Waals surface area contributed by atoms with Crippen molar-refractivity contribution in [2.45, 2.75) is 65.0 Å². The smallest absolute Gasteiger partial charge is 0.0626 e. The number of hydrogen-bond donors (Lipinski definition) is 1. The minimum absolute atomic E-state index is 0.522. The highest BCUT2D eigenvalue weighted by Gasteiger charge is 2.32. The molecule has 2 nitrogen and oxygen atoms in total. The molecule has 0 radical (unpaired) electrons. The van der Waals surface area contributed by atoms with E-state index in [1.165, 1.54) is 32.1 Å². The largest absolute Gasteiger partial charge is 0.377 e. The first kappa shape index (κ1) is 13.4. The zero-order chi connectivity index (χ0) is 12.3. The second kappa shape index (κ2) is 6.19. The molecule has 1 N–H and O–H groups in total. The van der Waals surface area contributed by atoms with Crippen molar-refractivity contribution in [3.8, 4) is 0 Å². The third-order valence-electron chi connectivity index (χ3n) is 4.30. The summed E-state index contributed by atoms with van der Waals surface area (Å²) in [6.07, 6.45) is 7.26. The number of nitrogens with one attached hydrogen (secondary N) is 1. The van der Waals surface area contributed by atoms with Crippen LogP contribution in [0.1, 0.15) is 52.9 Å². The van der Waals surface area contributed by atoms with Crippen molar-refractivity contribution in [1.29, 1.82) is 0 Å². The van der Waals surface area contributed by atoms with Crippen LogP contribution in [-0.2, 0) is 4.74 Å². The first-order valence-electron chi connectivity index (χ1n) is 7.54. The summed E-state index contributed by atoms with van der Waals surface area (Å²) >= 11 is 0. The van der Waals surface area contributed by atoms with Crippen LogP contribution in [0.4, 0.5) is 0 Å². The Kier molecular flexibility index (Phi) is 4.87. The Bertz CT molecular complexity index is 217. The predicted molar refractivity (Wildman–Crippen MR) is 72.1 cm³/mol. The summed E-state index contributed by atoms with van der Waals surface area (Å²) < 4.78 is 6.18. The maximum absolute atomic E-state index is 6.18. The van der Waals surface area contributed by atoms with Gasteiger partial charge in [-0.1, -0.05) is 20.8 Å². The molecule has 0 spiro atoms. The molecule has 0 saturated heterocycles. The van der Waals surface area contributed by atoms with Gasteiger partial charge in [0.25, 0.3) is 0 Å². The van der Waals surface area contributed by atoms with Gasteiger partial charge in [-0.25, -0.2) is 0 Å². The Balaban J connectivity index is 1.72. The third-order valence-corrected chi connectivity index (χ3v) is 4.30. The van der Waals surface area contributed by atoms with Crippen LogP contribution in [-0.4, -0.2) is 25.3 Å². The molecule has 2 fully saturated rings. The number of likely N-dealkylation sites (N-methyl/N-ethyl adjacent to an activating group) is 1. The Hall–Kier alpha value is -0.0800. The van der Waals surface area contributed by atoms with Gasteiger partial charge >= 0.3 is 0 Å². The Morgan fingerprint density at radius 3 is 2.29 bits per heavy atom. The van der Waals surface area contributed by atoms with E-state index in [0.29, 0.717) is 12.1 Å². The molecule has 0 aliphatic heterocycles. The van der Waals surface area contributed by atoms with E-state index in [-0.39, 0.29) is 0 Å². The first-order chi connectivity index (χ1) is 8.19. The summed E-state index contributed by atoms with van der Waals surface area (Å²) in [5, 5.41) is 3.58. The van der Waals surface area contributed by atoms with Crippen LogP contribution in [0.25, 0.3) is 0 Å². The van der Waals surface area contributed by atoms with Gasteiger partial charge in [-0.3, -0.25) is 0 Å². The summed E-state index contributed by atoms with van der Waals surface area (Å²) in [6.45, 7) is 8.94. The Morgan fingerprint density at radius 2 is 1.76 bits per heavy atom. The van der Waals surface area contributed by atoms with Crippen molar-refractivity contribution in [1.82, 2.24) is 5.32 Å². The normalized spacial score (nSPS) is 35.8. The van der Waals surface area contributed by atoms with Crippen LogP contribution < -0.4 is 5.32 Å². The molecule has 0 aromatic heterocycles. The summed E-state index contributed by atoms with van der Waals surface area (Å²) in [6, 6.07) is 0.618. The molecule has 2 aliphatic carbocycles. The lowest BCUT2D eigenvalue weighted by Gasteiger charge is -2.32. The summed E-state index contributed by atoms with van der Waals surface area (Å²) in [5.41, 5.74) is 0. The van der Waals surface area contributed by atoms with Crippen LogP contribution >= 0.6 is 0 Å². The van der Waals surface area contributed by atoms with E-state index < -0.39 is 0 Å². The molecular formula is C15H29NO. The van der Waals surface area contributed by atoms with Crippen LogP contribution in [0, 0.1) is 17.8 Å². The van der Waals surface area contributed by atoms with E-state index in [0.717, 1.165) is 30.9 Å². The molecule has 2 heteroatoms. The van der Waals surface area contributed by atoms with Gasteiger partial charge < -0.3 is 10.1 Å². The van der Waals surface area contributed by atoms with Gasteiger partial charge in [-0.15, -0.1) is 0 Å². The zero-order valence-corrected chi connectivity index (χ0v) is 11.7. The van der Waals surface area contributed by atoms with Crippen molar-refractivity contribution >= 4 is 0 Å². The van der Waals surface area contributed by atoms with Gasteiger partial charge in [0.05, 0.1) is 12.7 Å². The fourth-order valence-electron chi connectivity index (χ4n) is 3.37. The van der Waals surface area contributed by atoms with Crippen LogP contribution in [0.2, 0.25) is 0 Å². The summed E-state index contributed by atoms with van der Waals surface area (Å²) in [7, 11) is 0. The second-order valence-electron chi connectivity index (χ2n) is 6.37. The summed E-state index contributed by atoms with van der Waals surface area (Å²) in [5.74, 6) is 2.60. The molecule has 17 heavy (non-hydrogen) atoms. The standard InChI is InChI=1S/C15H29NO/c1-4-16-15(13-5-6-13)10-17-14-8-11(2)7-12(3)9-14/h11-16H,4-10H2,1-3H3. The minimum Gasteiger partial charge on any atom is -0.377 e. The highest BCUT2D eigenvalue weighted by atomic mass is 16.5. The van der Waals surface area contributed by atoms with Crippen molar-refractivity contribution in [2.75, 3.05) is 13.2 Å². The van der Waals surface area contributed by atoms with Crippen molar-refractivity contribution < 1.29 is 4.74 Å². The molecule has 0 heterocycles. The van der Waals surface area contributed by atoms with Crippen LogP contribution in [0.3, 0.4) is 0 Å². The van der Waals surface area contributed by atoms with Gasteiger partial charge in [0.15, 0.2) is 0 Å². The average Bonchev–Trinajstić information content (AvgIpc) is 3.06. The van der Waals surface area contributed by atoms with E-state index in [1.807, 2.05) is 0 Å². The third kappa shape index (κ3) is 4.26.